The molecule has 0 aliphatic heterocycles. The molecule has 0 radical (unpaired) electrons. The minimum atomic E-state index is -0.422. The molecule has 2 atom stereocenters. The first-order valence-electron chi connectivity index (χ1n) is 20.9. The number of nitrogens with zero attached hydrogens (tertiary/aromatic N) is 2. The molecular weight excluding hydrogens is 713 g/mol. The molecule has 1 spiro atoms. The highest BCUT2D eigenvalue weighted by atomic mass is 15.1. The number of aromatic nitrogens is 1. The number of para-hydroxylation sites is 2. The minimum Gasteiger partial charge on any atom is -0.333 e. The second-order valence-electron chi connectivity index (χ2n) is 16.3. The van der Waals surface area contributed by atoms with Gasteiger partial charge < -0.3 is 9.47 Å². The highest BCUT2D eigenvalue weighted by molar-refractivity contribution is 6.28. The lowest BCUT2D eigenvalue weighted by molar-refractivity contribution is 0.648. The maximum atomic E-state index is 2.62. The standard InChI is InChI=1S/C57H42N2/c1-3-17-43-37(2)57(48-26-14-13-25-46(43)48)49-27-16-29-52-55(49)56-53(59(52)42-23-11-6-12-24-42)35-33-47-44(32-34-50(57)54(47)56)39-30-31-45-38(36-39)18-15-28-51(45)58(40-19-7-4-8-20-40)41-21-9-5-10-22-41/h3-23,25-36,42H,24H2,1-2H3/b17-3-. The summed E-state index contributed by atoms with van der Waals surface area (Å²) in [5.74, 6) is 0. The molecule has 3 aliphatic rings. The molecule has 2 nitrogen and oxygen atoms in total. The molecule has 1 aromatic heterocycles. The summed E-state index contributed by atoms with van der Waals surface area (Å²) in [7, 11) is 0. The Morgan fingerprint density at radius 3 is 2.08 bits per heavy atom. The van der Waals surface area contributed by atoms with Gasteiger partial charge in [-0.3, -0.25) is 0 Å². The summed E-state index contributed by atoms with van der Waals surface area (Å²) < 4.78 is 2.62. The van der Waals surface area contributed by atoms with Crippen LogP contribution in [0.3, 0.4) is 0 Å². The van der Waals surface area contributed by atoms with Crippen LogP contribution in [-0.2, 0) is 5.41 Å². The molecule has 0 N–H and O–H groups in total. The number of rotatable bonds is 6. The molecule has 280 valence electrons. The monoisotopic (exact) mass is 754 g/mol. The highest BCUT2D eigenvalue weighted by Crippen LogP contribution is 2.62. The summed E-state index contributed by atoms with van der Waals surface area (Å²) in [5, 5.41) is 7.89. The van der Waals surface area contributed by atoms with Gasteiger partial charge in [0.25, 0.3) is 0 Å². The smallest absolute Gasteiger partial charge is 0.0686 e. The highest BCUT2D eigenvalue weighted by Gasteiger charge is 2.49. The lowest BCUT2D eigenvalue weighted by Gasteiger charge is -2.39. The normalized spacial score (nSPS) is 17.9. The zero-order valence-electron chi connectivity index (χ0n) is 33.2. The minimum absolute atomic E-state index is 0.250. The Labute approximate surface area is 345 Å². The van der Waals surface area contributed by atoms with Crippen LogP contribution in [0.1, 0.15) is 48.6 Å². The van der Waals surface area contributed by atoms with E-state index in [2.05, 4.69) is 224 Å². The van der Waals surface area contributed by atoms with Crippen molar-refractivity contribution in [2.24, 2.45) is 0 Å². The van der Waals surface area contributed by atoms with Crippen molar-refractivity contribution >= 4 is 66.0 Å². The molecule has 2 heteroatoms. The van der Waals surface area contributed by atoms with E-state index in [1.165, 1.54) is 87.9 Å². The van der Waals surface area contributed by atoms with Crippen molar-refractivity contribution in [3.63, 3.8) is 0 Å². The number of benzene rings is 8. The van der Waals surface area contributed by atoms with Crippen molar-refractivity contribution in [2.45, 2.75) is 31.7 Å². The van der Waals surface area contributed by atoms with Crippen LogP contribution in [0, 0.1) is 0 Å². The Morgan fingerprint density at radius 2 is 1.31 bits per heavy atom. The molecule has 8 aromatic carbocycles. The predicted octanol–water partition coefficient (Wildman–Crippen LogP) is 15.3. The lowest BCUT2D eigenvalue weighted by atomic mass is 9.62. The number of fused-ring (bicyclic) bond motifs is 5. The summed E-state index contributed by atoms with van der Waals surface area (Å²) in [4.78, 5) is 2.37. The fraction of sp³-hybridized carbons (Fsp3) is 0.0877. The Bertz CT molecular complexity index is 3280. The summed E-state index contributed by atoms with van der Waals surface area (Å²) in [6.45, 7) is 4.53. The van der Waals surface area contributed by atoms with E-state index in [-0.39, 0.29) is 6.04 Å². The Balaban J connectivity index is 1.14. The molecule has 9 aromatic rings. The van der Waals surface area contributed by atoms with E-state index in [1.807, 2.05) is 0 Å². The Kier molecular flexibility index (Phi) is 7.43. The van der Waals surface area contributed by atoms with Gasteiger partial charge in [-0.1, -0.05) is 152 Å². The van der Waals surface area contributed by atoms with Crippen molar-refractivity contribution in [2.75, 3.05) is 4.90 Å². The van der Waals surface area contributed by atoms with Crippen molar-refractivity contribution < 1.29 is 0 Å². The zero-order valence-corrected chi connectivity index (χ0v) is 33.2. The fourth-order valence-electron chi connectivity index (χ4n) is 11.1. The first kappa shape index (κ1) is 33.9. The SMILES string of the molecule is C/C=C\C1=C(C)C2(c3ccccc31)c1ccc(-c3ccc4c(N(c5ccccc5)c5ccccc5)cccc4c3)c3ccc4c(c13)c1c2cccc1n4C1C=CC=CC1. The molecule has 0 bridgehead atoms. The van der Waals surface area contributed by atoms with E-state index in [1.54, 1.807) is 0 Å². The van der Waals surface area contributed by atoms with Crippen LogP contribution >= 0.6 is 0 Å². The molecule has 0 fully saturated rings. The third kappa shape index (κ3) is 4.63. The summed E-state index contributed by atoms with van der Waals surface area (Å²) in [5.41, 5.74) is 16.3. The summed E-state index contributed by atoms with van der Waals surface area (Å²) in [6.07, 6.45) is 14.6. The van der Waals surface area contributed by atoms with Crippen LogP contribution in [0.2, 0.25) is 0 Å². The second-order valence-corrected chi connectivity index (χ2v) is 16.3. The average molecular weight is 755 g/mol. The lowest BCUT2D eigenvalue weighted by Crippen LogP contribution is -2.31. The molecule has 0 saturated carbocycles. The van der Waals surface area contributed by atoms with Crippen molar-refractivity contribution in [1.82, 2.24) is 4.57 Å². The van der Waals surface area contributed by atoms with Crippen LogP contribution < -0.4 is 4.90 Å². The van der Waals surface area contributed by atoms with Crippen molar-refractivity contribution in [3.8, 4) is 11.1 Å². The molecule has 12 rings (SSSR count). The van der Waals surface area contributed by atoms with E-state index in [9.17, 15) is 0 Å². The summed E-state index contributed by atoms with van der Waals surface area (Å²) >= 11 is 0. The van der Waals surface area contributed by atoms with Crippen molar-refractivity contribution in [1.29, 1.82) is 0 Å². The Morgan fingerprint density at radius 1 is 0.593 bits per heavy atom. The van der Waals surface area contributed by atoms with Gasteiger partial charge in [-0.15, -0.1) is 0 Å². The van der Waals surface area contributed by atoms with Gasteiger partial charge in [0.1, 0.15) is 0 Å². The molecule has 2 unspecified atom stereocenters. The maximum absolute atomic E-state index is 2.62. The summed E-state index contributed by atoms with van der Waals surface area (Å²) in [6, 6.07) is 61.4. The largest absolute Gasteiger partial charge is 0.333 e. The molecule has 0 amide bonds. The van der Waals surface area contributed by atoms with E-state index < -0.39 is 5.41 Å². The first-order valence-corrected chi connectivity index (χ1v) is 20.9. The van der Waals surface area contributed by atoms with Gasteiger partial charge in [0.05, 0.1) is 28.2 Å². The number of anilines is 3. The van der Waals surface area contributed by atoms with Crippen LogP contribution in [0.5, 0.6) is 0 Å². The predicted molar refractivity (Wildman–Crippen MR) is 250 cm³/mol. The topological polar surface area (TPSA) is 8.17 Å². The third-order valence-electron chi connectivity index (χ3n) is 13.4. The van der Waals surface area contributed by atoms with Crippen LogP contribution in [0.15, 0.2) is 206 Å². The van der Waals surface area contributed by atoms with Gasteiger partial charge >= 0.3 is 0 Å². The van der Waals surface area contributed by atoms with E-state index in [0.29, 0.717) is 0 Å². The van der Waals surface area contributed by atoms with Gasteiger partial charge in [0.15, 0.2) is 0 Å². The quantitative estimate of drug-likeness (QED) is 0.164. The molecule has 0 saturated heterocycles. The Hall–Kier alpha value is -7.16. The van der Waals surface area contributed by atoms with Gasteiger partial charge in [0.2, 0.25) is 0 Å². The number of allylic oxidation sites excluding steroid dienone is 8. The van der Waals surface area contributed by atoms with E-state index in [0.717, 1.165) is 23.5 Å². The molecule has 3 aliphatic carbocycles. The fourth-order valence-corrected chi connectivity index (χ4v) is 11.1. The number of hydrogen-bond donors (Lipinski definition) is 0. The first-order chi connectivity index (χ1) is 29.2. The maximum Gasteiger partial charge on any atom is 0.0686 e. The van der Waals surface area contributed by atoms with Gasteiger partial charge in [0, 0.05) is 27.5 Å². The third-order valence-corrected chi connectivity index (χ3v) is 13.4. The van der Waals surface area contributed by atoms with Gasteiger partial charge in [-0.2, -0.15) is 0 Å². The van der Waals surface area contributed by atoms with Crippen LogP contribution in [0.25, 0.3) is 60.1 Å². The van der Waals surface area contributed by atoms with E-state index >= 15 is 0 Å². The van der Waals surface area contributed by atoms with Crippen molar-refractivity contribution in [3.05, 3.63) is 228 Å². The van der Waals surface area contributed by atoms with Crippen LogP contribution in [0.4, 0.5) is 17.1 Å². The van der Waals surface area contributed by atoms with E-state index in [4.69, 9.17) is 0 Å². The number of hydrogen-bond acceptors (Lipinski definition) is 1. The molecule has 59 heavy (non-hydrogen) atoms. The van der Waals surface area contributed by atoms with Gasteiger partial charge in [-0.25, -0.2) is 0 Å². The second kappa shape index (κ2) is 12.9. The zero-order chi connectivity index (χ0) is 39.2. The molecule has 1 heterocycles. The average Bonchev–Trinajstić information content (AvgIpc) is 3.76. The molecular formula is C57H42N2. The van der Waals surface area contributed by atoms with Gasteiger partial charge in [-0.05, 0) is 129 Å². The van der Waals surface area contributed by atoms with Crippen LogP contribution in [-0.4, -0.2) is 4.57 Å².